The average molecular weight is 445 g/mol. The SMILES string of the molecule is Cc1nn(C(C)(C)C)c2nc(C(C)C)cc(C(=O)Nc3ccc(Cn4ccnc4C)cc3)c12. The van der Waals surface area contributed by atoms with E-state index in [1.165, 1.54) is 0 Å². The molecule has 0 aliphatic heterocycles. The van der Waals surface area contributed by atoms with Crippen molar-refractivity contribution >= 4 is 22.6 Å². The normalized spacial score (nSPS) is 12.0. The van der Waals surface area contributed by atoms with Crippen molar-refractivity contribution in [3.05, 3.63) is 71.1 Å². The minimum absolute atomic E-state index is 0.154. The molecule has 172 valence electrons. The molecule has 0 aliphatic rings. The fourth-order valence-corrected chi connectivity index (χ4v) is 3.91. The Kier molecular flexibility index (Phi) is 5.82. The number of benzene rings is 1. The number of hydrogen-bond donors (Lipinski definition) is 1. The predicted octanol–water partition coefficient (Wildman–Crippen LogP) is 5.42. The number of aryl methyl sites for hydroxylation is 2. The number of fused-ring (bicyclic) bond motifs is 1. The number of nitrogens with zero attached hydrogens (tertiary/aromatic N) is 5. The molecule has 0 atom stereocenters. The van der Waals surface area contributed by atoms with Gasteiger partial charge in [0.2, 0.25) is 0 Å². The minimum Gasteiger partial charge on any atom is -0.331 e. The summed E-state index contributed by atoms with van der Waals surface area (Å²) in [5, 5.41) is 8.60. The van der Waals surface area contributed by atoms with E-state index in [0.29, 0.717) is 5.56 Å². The van der Waals surface area contributed by atoms with Crippen molar-refractivity contribution in [2.24, 2.45) is 0 Å². The first-order valence-corrected chi connectivity index (χ1v) is 11.3. The van der Waals surface area contributed by atoms with Crippen LogP contribution >= 0.6 is 0 Å². The first-order valence-electron chi connectivity index (χ1n) is 11.3. The maximum Gasteiger partial charge on any atom is 0.256 e. The van der Waals surface area contributed by atoms with Gasteiger partial charge in [-0.05, 0) is 64.3 Å². The molecule has 7 nitrogen and oxygen atoms in total. The summed E-state index contributed by atoms with van der Waals surface area (Å²) in [5.74, 6) is 1.01. The zero-order valence-corrected chi connectivity index (χ0v) is 20.5. The zero-order chi connectivity index (χ0) is 23.9. The topological polar surface area (TPSA) is 77.6 Å². The molecule has 0 saturated carbocycles. The van der Waals surface area contributed by atoms with Crippen molar-refractivity contribution in [3.8, 4) is 0 Å². The summed E-state index contributed by atoms with van der Waals surface area (Å²) in [5.41, 5.74) is 4.69. The summed E-state index contributed by atoms with van der Waals surface area (Å²) in [6.07, 6.45) is 3.76. The summed E-state index contributed by atoms with van der Waals surface area (Å²) in [6.45, 7) is 15.1. The minimum atomic E-state index is -0.244. The second-order valence-electron chi connectivity index (χ2n) is 9.87. The second kappa shape index (κ2) is 8.46. The molecule has 0 bridgehead atoms. The standard InChI is InChI=1S/C26H32N6O/c1-16(2)22-14-21(23-17(3)30-32(24(23)29-22)26(5,6)7)25(33)28-20-10-8-19(9-11-20)15-31-13-12-27-18(31)4/h8-14,16H,15H2,1-7H3,(H,28,33). The molecule has 4 aromatic rings. The quantitative estimate of drug-likeness (QED) is 0.446. The first-order chi connectivity index (χ1) is 15.5. The van der Waals surface area contributed by atoms with E-state index >= 15 is 0 Å². The van der Waals surface area contributed by atoms with Crippen LogP contribution in [0.2, 0.25) is 0 Å². The third-order valence-corrected chi connectivity index (χ3v) is 5.79. The monoisotopic (exact) mass is 444 g/mol. The third-order valence-electron chi connectivity index (χ3n) is 5.79. The van der Waals surface area contributed by atoms with E-state index in [-0.39, 0.29) is 17.4 Å². The van der Waals surface area contributed by atoms with Crippen LogP contribution < -0.4 is 5.32 Å². The van der Waals surface area contributed by atoms with Crippen LogP contribution in [0, 0.1) is 13.8 Å². The van der Waals surface area contributed by atoms with Crippen molar-refractivity contribution in [2.45, 2.75) is 66.5 Å². The molecule has 0 saturated heterocycles. The van der Waals surface area contributed by atoms with Gasteiger partial charge in [0.05, 0.1) is 22.2 Å². The summed E-state index contributed by atoms with van der Waals surface area (Å²) in [7, 11) is 0. The number of nitrogens with one attached hydrogen (secondary N) is 1. The van der Waals surface area contributed by atoms with Gasteiger partial charge in [-0.3, -0.25) is 4.79 Å². The Balaban J connectivity index is 1.66. The Bertz CT molecular complexity index is 1310. The lowest BCUT2D eigenvalue weighted by atomic mass is 10.0. The molecule has 0 unspecified atom stereocenters. The molecule has 0 spiro atoms. The molecule has 0 aliphatic carbocycles. The highest BCUT2D eigenvalue weighted by molar-refractivity contribution is 6.12. The van der Waals surface area contributed by atoms with Gasteiger partial charge in [-0.25, -0.2) is 14.6 Å². The predicted molar refractivity (Wildman–Crippen MR) is 132 cm³/mol. The zero-order valence-electron chi connectivity index (χ0n) is 20.5. The summed E-state index contributed by atoms with van der Waals surface area (Å²) < 4.78 is 4.01. The van der Waals surface area contributed by atoms with Crippen molar-refractivity contribution < 1.29 is 4.79 Å². The lowest BCUT2D eigenvalue weighted by molar-refractivity contribution is 0.102. The number of carbonyl (C=O) groups is 1. The molecule has 33 heavy (non-hydrogen) atoms. The smallest absolute Gasteiger partial charge is 0.256 e. The Morgan fingerprint density at radius 2 is 1.82 bits per heavy atom. The van der Waals surface area contributed by atoms with E-state index in [0.717, 1.165) is 46.0 Å². The van der Waals surface area contributed by atoms with E-state index in [2.05, 4.69) is 49.5 Å². The summed E-state index contributed by atoms with van der Waals surface area (Å²) in [6, 6.07) is 9.83. The van der Waals surface area contributed by atoms with Gasteiger partial charge in [0.25, 0.3) is 5.91 Å². The number of rotatable bonds is 5. The number of amides is 1. The lowest BCUT2D eigenvalue weighted by Crippen LogP contribution is -2.24. The Morgan fingerprint density at radius 1 is 1.12 bits per heavy atom. The highest BCUT2D eigenvalue weighted by Crippen LogP contribution is 2.29. The molecule has 0 fully saturated rings. The molecule has 1 aromatic carbocycles. The molecular weight excluding hydrogens is 412 g/mol. The Hall–Kier alpha value is -3.48. The third kappa shape index (κ3) is 4.53. The van der Waals surface area contributed by atoms with Crippen LogP contribution in [0.5, 0.6) is 0 Å². The highest BCUT2D eigenvalue weighted by Gasteiger charge is 2.25. The van der Waals surface area contributed by atoms with Gasteiger partial charge in [0.1, 0.15) is 5.82 Å². The van der Waals surface area contributed by atoms with Gasteiger partial charge in [-0.15, -0.1) is 0 Å². The summed E-state index contributed by atoms with van der Waals surface area (Å²) in [4.78, 5) is 22.6. The van der Waals surface area contributed by atoms with Gasteiger partial charge in [-0.2, -0.15) is 5.10 Å². The Morgan fingerprint density at radius 3 is 2.39 bits per heavy atom. The van der Waals surface area contributed by atoms with Crippen LogP contribution in [0.4, 0.5) is 5.69 Å². The number of carbonyl (C=O) groups excluding carboxylic acids is 1. The van der Waals surface area contributed by atoms with Crippen molar-refractivity contribution in [3.63, 3.8) is 0 Å². The van der Waals surface area contributed by atoms with Gasteiger partial charge >= 0.3 is 0 Å². The van der Waals surface area contributed by atoms with Gasteiger partial charge in [-0.1, -0.05) is 26.0 Å². The number of anilines is 1. The van der Waals surface area contributed by atoms with E-state index in [1.807, 2.05) is 55.1 Å². The van der Waals surface area contributed by atoms with Crippen LogP contribution in [-0.4, -0.2) is 30.2 Å². The highest BCUT2D eigenvalue weighted by atomic mass is 16.1. The van der Waals surface area contributed by atoms with E-state index in [4.69, 9.17) is 10.1 Å². The van der Waals surface area contributed by atoms with Gasteiger partial charge < -0.3 is 9.88 Å². The maximum absolute atomic E-state index is 13.4. The van der Waals surface area contributed by atoms with E-state index in [1.54, 1.807) is 6.20 Å². The number of aromatic nitrogens is 5. The van der Waals surface area contributed by atoms with Crippen LogP contribution in [0.1, 0.15) is 73.7 Å². The largest absolute Gasteiger partial charge is 0.331 e. The molecule has 3 heterocycles. The lowest BCUT2D eigenvalue weighted by Gasteiger charge is -2.20. The van der Waals surface area contributed by atoms with Gasteiger partial charge in [0.15, 0.2) is 5.65 Å². The molecule has 0 radical (unpaired) electrons. The number of hydrogen-bond acceptors (Lipinski definition) is 4. The molecule has 7 heteroatoms. The fraction of sp³-hybridized carbons (Fsp3) is 0.385. The van der Waals surface area contributed by atoms with Crippen molar-refractivity contribution in [1.82, 2.24) is 24.3 Å². The van der Waals surface area contributed by atoms with Crippen molar-refractivity contribution in [2.75, 3.05) is 5.32 Å². The molecule has 3 aromatic heterocycles. The molecule has 1 N–H and O–H groups in total. The van der Waals surface area contributed by atoms with Crippen LogP contribution in [-0.2, 0) is 12.1 Å². The fourth-order valence-electron chi connectivity index (χ4n) is 3.91. The molecule has 4 rings (SSSR count). The second-order valence-corrected chi connectivity index (χ2v) is 9.87. The van der Waals surface area contributed by atoms with Crippen LogP contribution in [0.25, 0.3) is 11.0 Å². The summed E-state index contributed by atoms with van der Waals surface area (Å²) >= 11 is 0. The molecule has 1 amide bonds. The van der Waals surface area contributed by atoms with E-state index in [9.17, 15) is 4.79 Å². The maximum atomic E-state index is 13.4. The Labute approximate surface area is 194 Å². The average Bonchev–Trinajstić information content (AvgIpc) is 3.31. The van der Waals surface area contributed by atoms with Crippen LogP contribution in [0.15, 0.2) is 42.7 Å². The number of pyridine rings is 1. The molecular formula is C26H32N6O. The number of imidazole rings is 1. The van der Waals surface area contributed by atoms with Crippen molar-refractivity contribution in [1.29, 1.82) is 0 Å². The van der Waals surface area contributed by atoms with Crippen LogP contribution in [0.3, 0.4) is 0 Å². The van der Waals surface area contributed by atoms with E-state index < -0.39 is 0 Å². The first kappa shape index (κ1) is 22.7. The van der Waals surface area contributed by atoms with Gasteiger partial charge in [0, 0.05) is 30.3 Å².